The highest BCUT2D eigenvalue weighted by molar-refractivity contribution is 7.93. The Morgan fingerprint density at radius 1 is 0.889 bits per heavy atom. The lowest BCUT2D eigenvalue weighted by Crippen LogP contribution is -2.59. The van der Waals surface area contributed by atoms with Gasteiger partial charge in [-0.2, -0.15) is 8.42 Å². The van der Waals surface area contributed by atoms with E-state index in [4.69, 9.17) is 0 Å². The molecule has 0 saturated carbocycles. The Morgan fingerprint density at radius 2 is 1.22 bits per heavy atom. The molecular weight excluding hydrogens is 278 g/mol. The molecule has 110 valence electrons. The van der Waals surface area contributed by atoms with Crippen LogP contribution in [0.3, 0.4) is 0 Å². The second-order valence-corrected chi connectivity index (χ2v) is 9.54. The van der Waals surface area contributed by atoms with Crippen LogP contribution in [-0.2, 0) is 20.1 Å². The fourth-order valence-electron chi connectivity index (χ4n) is 1.51. The second kappa shape index (κ2) is 5.07. The summed E-state index contributed by atoms with van der Waals surface area (Å²) in [5.74, 6) is 0. The molecule has 18 heavy (non-hydrogen) atoms. The molecule has 0 radical (unpaired) electrons. The van der Waals surface area contributed by atoms with Crippen molar-refractivity contribution in [2.45, 2.75) is 51.0 Å². The van der Waals surface area contributed by atoms with Crippen molar-refractivity contribution in [2.24, 2.45) is 0 Å². The molecule has 0 bridgehead atoms. The molecule has 0 aromatic carbocycles. The van der Waals surface area contributed by atoms with Crippen molar-refractivity contribution in [2.75, 3.05) is 13.1 Å². The fraction of sp³-hybridized carbons (Fsp3) is 1.00. The van der Waals surface area contributed by atoms with E-state index < -0.39 is 29.6 Å². The van der Waals surface area contributed by atoms with Gasteiger partial charge in [0.15, 0.2) is 0 Å². The van der Waals surface area contributed by atoms with E-state index >= 15 is 0 Å². The van der Waals surface area contributed by atoms with Crippen molar-refractivity contribution in [3.05, 3.63) is 0 Å². The summed E-state index contributed by atoms with van der Waals surface area (Å²) < 4.78 is 54.8. The Hall–Kier alpha value is -0.180. The van der Waals surface area contributed by atoms with Gasteiger partial charge in [-0.15, -0.1) is 0 Å². The van der Waals surface area contributed by atoms with E-state index in [1.54, 1.807) is 13.8 Å². The van der Waals surface area contributed by atoms with Gasteiger partial charge in [-0.3, -0.25) is 4.55 Å². The number of nitrogens with zero attached hydrogens (tertiary/aromatic N) is 1. The molecule has 0 fully saturated rings. The van der Waals surface area contributed by atoms with E-state index in [-0.39, 0.29) is 13.1 Å². The van der Waals surface area contributed by atoms with Crippen LogP contribution < -0.4 is 0 Å². The van der Waals surface area contributed by atoms with Crippen molar-refractivity contribution in [1.29, 1.82) is 0 Å². The van der Waals surface area contributed by atoms with Crippen molar-refractivity contribution in [3.63, 3.8) is 0 Å². The summed E-state index contributed by atoms with van der Waals surface area (Å²) in [5.41, 5.74) is 0. The minimum atomic E-state index is -4.50. The lowest BCUT2D eigenvalue weighted by Gasteiger charge is -2.40. The summed E-state index contributed by atoms with van der Waals surface area (Å²) in [7, 11) is -8.35. The first-order valence-electron chi connectivity index (χ1n) is 5.74. The minimum absolute atomic E-state index is 0.254. The Kier molecular flexibility index (Phi) is 5.02. The Labute approximate surface area is 110 Å². The quantitative estimate of drug-likeness (QED) is 0.742. The normalized spacial score (nSPS) is 15.1. The summed E-state index contributed by atoms with van der Waals surface area (Å²) in [5, 5.41) is 0. The van der Waals surface area contributed by atoms with Crippen LogP contribution in [0.25, 0.3) is 0 Å². The van der Waals surface area contributed by atoms with Gasteiger partial charge >= 0.3 is 0 Å². The monoisotopic (exact) mass is 301 g/mol. The molecule has 0 saturated heterocycles. The molecule has 0 aliphatic heterocycles. The first-order chi connectivity index (χ1) is 7.77. The zero-order chi connectivity index (χ0) is 15.0. The van der Waals surface area contributed by atoms with Crippen LogP contribution in [0.1, 0.15) is 41.5 Å². The van der Waals surface area contributed by atoms with Gasteiger partial charge in [-0.05, 0) is 27.7 Å². The third kappa shape index (κ3) is 2.56. The Morgan fingerprint density at radius 3 is 1.44 bits per heavy atom. The van der Waals surface area contributed by atoms with Crippen LogP contribution in [0.5, 0.6) is 0 Å². The standard InChI is InChI=1S/C10H23NO5S2/c1-7-11(8-2)17(12,13)9(3,4)10(5,6)18(14,15)16/h7-8H2,1-6H3,(H,14,15,16). The van der Waals surface area contributed by atoms with Gasteiger partial charge < -0.3 is 0 Å². The fourth-order valence-corrected chi connectivity index (χ4v) is 4.71. The molecule has 0 aliphatic rings. The molecule has 0 aromatic heterocycles. The van der Waals surface area contributed by atoms with E-state index in [1.165, 1.54) is 32.0 Å². The van der Waals surface area contributed by atoms with Gasteiger partial charge in [-0.25, -0.2) is 12.7 Å². The first-order valence-corrected chi connectivity index (χ1v) is 8.62. The average Bonchev–Trinajstić information content (AvgIpc) is 2.16. The third-order valence-corrected chi connectivity index (χ3v) is 8.71. The largest absolute Gasteiger partial charge is 0.285 e. The van der Waals surface area contributed by atoms with Gasteiger partial charge in [0.1, 0.15) is 9.49 Å². The summed E-state index contributed by atoms with van der Waals surface area (Å²) in [6.07, 6.45) is 0. The van der Waals surface area contributed by atoms with E-state index in [0.29, 0.717) is 0 Å². The molecule has 0 aliphatic carbocycles. The van der Waals surface area contributed by atoms with Crippen molar-refractivity contribution in [1.82, 2.24) is 4.31 Å². The smallest absolute Gasteiger partial charge is 0.271 e. The lowest BCUT2D eigenvalue weighted by atomic mass is 9.98. The molecule has 0 spiro atoms. The number of hydrogen-bond acceptors (Lipinski definition) is 4. The minimum Gasteiger partial charge on any atom is -0.285 e. The summed E-state index contributed by atoms with van der Waals surface area (Å²) in [6, 6.07) is 0. The van der Waals surface area contributed by atoms with Gasteiger partial charge in [0.05, 0.1) is 0 Å². The van der Waals surface area contributed by atoms with Gasteiger partial charge in [0.25, 0.3) is 10.1 Å². The van der Waals surface area contributed by atoms with Gasteiger partial charge in [0, 0.05) is 13.1 Å². The molecule has 0 aromatic rings. The zero-order valence-electron chi connectivity index (χ0n) is 11.8. The molecule has 1 N–H and O–H groups in total. The first kappa shape index (κ1) is 17.8. The maximum atomic E-state index is 12.5. The number of sulfonamides is 1. The maximum absolute atomic E-state index is 12.5. The molecule has 0 rings (SSSR count). The van der Waals surface area contributed by atoms with Crippen LogP contribution >= 0.6 is 0 Å². The van der Waals surface area contributed by atoms with Crippen LogP contribution in [0.4, 0.5) is 0 Å². The van der Waals surface area contributed by atoms with Crippen LogP contribution in [0, 0.1) is 0 Å². The van der Waals surface area contributed by atoms with Crippen molar-refractivity contribution >= 4 is 20.1 Å². The SMILES string of the molecule is CCN(CC)S(=O)(=O)C(C)(C)C(C)(C)S(=O)(=O)O. The highest BCUT2D eigenvalue weighted by atomic mass is 32.2. The van der Waals surface area contributed by atoms with Gasteiger partial charge in [-0.1, -0.05) is 13.8 Å². The predicted octanol–water partition coefficient (Wildman–Crippen LogP) is 1.10. The lowest BCUT2D eigenvalue weighted by molar-refractivity contribution is 0.366. The molecular formula is C10H23NO5S2. The number of rotatable bonds is 6. The molecule has 0 amide bonds. The van der Waals surface area contributed by atoms with Crippen molar-refractivity contribution in [3.8, 4) is 0 Å². The van der Waals surface area contributed by atoms with Crippen LogP contribution in [0.2, 0.25) is 0 Å². The van der Waals surface area contributed by atoms with Crippen LogP contribution in [0.15, 0.2) is 0 Å². The molecule has 6 nitrogen and oxygen atoms in total. The molecule has 0 atom stereocenters. The zero-order valence-corrected chi connectivity index (χ0v) is 13.4. The average molecular weight is 301 g/mol. The van der Waals surface area contributed by atoms with E-state index in [2.05, 4.69) is 0 Å². The molecule has 8 heteroatoms. The molecule has 0 unspecified atom stereocenters. The van der Waals surface area contributed by atoms with E-state index in [1.807, 2.05) is 0 Å². The summed E-state index contributed by atoms with van der Waals surface area (Å²) in [6.45, 7) is 8.92. The highest BCUT2D eigenvalue weighted by Gasteiger charge is 2.56. The topological polar surface area (TPSA) is 91.8 Å². The van der Waals surface area contributed by atoms with Crippen molar-refractivity contribution < 1.29 is 21.4 Å². The third-order valence-electron chi connectivity index (χ3n) is 3.79. The van der Waals surface area contributed by atoms with E-state index in [0.717, 1.165) is 0 Å². The summed E-state index contributed by atoms with van der Waals surface area (Å²) in [4.78, 5) is 0. The Bertz CT molecular complexity index is 486. The van der Waals surface area contributed by atoms with Gasteiger partial charge in [0.2, 0.25) is 10.0 Å². The number of hydrogen-bond donors (Lipinski definition) is 1. The molecule has 0 heterocycles. The van der Waals surface area contributed by atoms with Crippen LogP contribution in [-0.4, -0.2) is 48.3 Å². The second-order valence-electron chi connectivity index (χ2n) is 5.09. The Balaban J connectivity index is 5.96. The van der Waals surface area contributed by atoms with E-state index in [9.17, 15) is 21.4 Å². The summed E-state index contributed by atoms with van der Waals surface area (Å²) >= 11 is 0. The highest BCUT2D eigenvalue weighted by Crippen LogP contribution is 2.37. The predicted molar refractivity (Wildman–Crippen MR) is 71.5 cm³/mol. The maximum Gasteiger partial charge on any atom is 0.271 e.